The molecule has 2 aromatic carbocycles. The van der Waals surface area contributed by atoms with E-state index in [1.807, 2.05) is 0 Å². The first kappa shape index (κ1) is 20.6. The molecule has 0 heterocycles. The van der Waals surface area contributed by atoms with Crippen molar-refractivity contribution in [1.82, 2.24) is 0 Å². The van der Waals surface area contributed by atoms with Crippen molar-refractivity contribution in [3.8, 4) is 23.0 Å². The molecule has 0 aliphatic heterocycles. The number of ketones is 1. The van der Waals surface area contributed by atoms with Gasteiger partial charge in [-0.1, -0.05) is 38.5 Å². The summed E-state index contributed by atoms with van der Waals surface area (Å²) in [6.45, 7) is 0. The van der Waals surface area contributed by atoms with Gasteiger partial charge < -0.3 is 20.4 Å². The van der Waals surface area contributed by atoms with Gasteiger partial charge in [0.25, 0.3) is 0 Å². The van der Waals surface area contributed by atoms with Gasteiger partial charge in [-0.3, -0.25) is 4.79 Å². The molecule has 4 N–H and O–H groups in total. The second-order valence-corrected chi connectivity index (χ2v) is 9.02. The fraction of sp³-hybridized carbons (Fsp3) is 0.480. The summed E-state index contributed by atoms with van der Waals surface area (Å²) in [6.07, 6.45) is 7.92. The van der Waals surface area contributed by atoms with Gasteiger partial charge in [-0.2, -0.15) is 0 Å². The number of Topliss-reactive ketones (excluding diaryl/α,β-unsaturated/α-hetero) is 1. The first-order valence-electron chi connectivity index (χ1n) is 11.0. The molecule has 0 atom stereocenters. The molecule has 2 aromatic rings. The Morgan fingerprint density at radius 1 is 0.600 bits per heavy atom. The lowest BCUT2D eigenvalue weighted by Gasteiger charge is -2.46. The van der Waals surface area contributed by atoms with Crippen molar-refractivity contribution in [1.29, 1.82) is 0 Å². The lowest BCUT2D eigenvalue weighted by Crippen LogP contribution is -2.51. The second-order valence-electron chi connectivity index (χ2n) is 9.02. The summed E-state index contributed by atoms with van der Waals surface area (Å²) in [6, 6.07) is 8.81. The van der Waals surface area contributed by atoms with Gasteiger partial charge in [0, 0.05) is 11.1 Å². The molecule has 0 spiro atoms. The van der Waals surface area contributed by atoms with Crippen molar-refractivity contribution < 1.29 is 25.2 Å². The van der Waals surface area contributed by atoms with Crippen molar-refractivity contribution >= 4 is 5.78 Å². The minimum atomic E-state index is -0.920. The van der Waals surface area contributed by atoms with Crippen LogP contribution in [0, 0.1) is 0 Å². The Labute approximate surface area is 177 Å². The molecule has 2 aliphatic rings. The van der Waals surface area contributed by atoms with Gasteiger partial charge in [-0.05, 0) is 62.1 Å². The van der Waals surface area contributed by atoms with E-state index in [1.165, 1.54) is 36.4 Å². The molecule has 0 bridgehead atoms. The van der Waals surface area contributed by atoms with Crippen LogP contribution in [0.2, 0.25) is 0 Å². The number of phenolic OH excluding ortho intramolecular Hbond substituents is 4. The van der Waals surface area contributed by atoms with Crippen LogP contribution in [0.15, 0.2) is 36.4 Å². The van der Waals surface area contributed by atoms with E-state index in [1.54, 1.807) is 0 Å². The number of carbonyl (C=O) groups excluding carboxylic acids is 1. The fourth-order valence-electron chi connectivity index (χ4n) is 5.82. The van der Waals surface area contributed by atoms with Crippen molar-refractivity contribution in [2.75, 3.05) is 0 Å². The van der Waals surface area contributed by atoms with E-state index in [0.717, 1.165) is 38.5 Å². The zero-order valence-electron chi connectivity index (χ0n) is 17.2. The molecule has 160 valence electrons. The minimum Gasteiger partial charge on any atom is -0.508 e. The molecule has 5 heteroatoms. The zero-order valence-corrected chi connectivity index (χ0v) is 17.2. The van der Waals surface area contributed by atoms with E-state index in [-0.39, 0.29) is 28.8 Å². The summed E-state index contributed by atoms with van der Waals surface area (Å²) in [7, 11) is 0. The summed E-state index contributed by atoms with van der Waals surface area (Å²) in [5.74, 6) is 0.0939. The van der Waals surface area contributed by atoms with Gasteiger partial charge in [0.15, 0.2) is 5.78 Å². The van der Waals surface area contributed by atoms with Crippen LogP contribution in [0.1, 0.15) is 75.3 Å². The van der Waals surface area contributed by atoms with Crippen LogP contribution < -0.4 is 0 Å². The molecule has 0 saturated heterocycles. The van der Waals surface area contributed by atoms with E-state index < -0.39 is 10.8 Å². The molecule has 0 radical (unpaired) electrons. The van der Waals surface area contributed by atoms with E-state index in [4.69, 9.17) is 0 Å². The fourth-order valence-corrected chi connectivity index (χ4v) is 5.82. The van der Waals surface area contributed by atoms with Gasteiger partial charge in [0.05, 0.1) is 10.8 Å². The molecule has 2 fully saturated rings. The molecule has 0 unspecified atom stereocenters. The molecule has 0 amide bonds. The van der Waals surface area contributed by atoms with E-state index in [9.17, 15) is 25.2 Å². The smallest absolute Gasteiger partial charge is 0.154 e. The maximum absolute atomic E-state index is 14.5. The molecule has 30 heavy (non-hydrogen) atoms. The van der Waals surface area contributed by atoms with E-state index >= 15 is 0 Å². The predicted octanol–water partition coefficient (Wildman–Crippen LogP) is 5.18. The van der Waals surface area contributed by atoms with Crippen LogP contribution in [0.5, 0.6) is 23.0 Å². The highest BCUT2D eigenvalue weighted by atomic mass is 16.3. The predicted molar refractivity (Wildman–Crippen MR) is 114 cm³/mol. The quantitative estimate of drug-likeness (QED) is 0.521. The van der Waals surface area contributed by atoms with Crippen molar-refractivity contribution in [3.05, 3.63) is 47.5 Å². The van der Waals surface area contributed by atoms with Crippen LogP contribution in [0.25, 0.3) is 0 Å². The molecule has 5 nitrogen and oxygen atoms in total. The largest absolute Gasteiger partial charge is 0.508 e. The number of benzene rings is 2. The van der Waals surface area contributed by atoms with Gasteiger partial charge in [0.1, 0.15) is 23.0 Å². The maximum atomic E-state index is 14.5. The summed E-state index contributed by atoms with van der Waals surface area (Å²) in [5.41, 5.74) is -0.874. The Balaban J connectivity index is 1.92. The highest BCUT2D eigenvalue weighted by Crippen LogP contribution is 2.54. The third kappa shape index (κ3) is 3.30. The number of carbonyl (C=O) groups is 1. The Morgan fingerprint density at radius 3 is 1.33 bits per heavy atom. The summed E-state index contributed by atoms with van der Waals surface area (Å²) in [4.78, 5) is 14.5. The number of aromatic hydroxyl groups is 4. The lowest BCUT2D eigenvalue weighted by molar-refractivity contribution is -0.133. The lowest BCUT2D eigenvalue weighted by atomic mass is 9.55. The molecular weight excluding hydrogens is 380 g/mol. The van der Waals surface area contributed by atoms with Gasteiger partial charge >= 0.3 is 0 Å². The van der Waals surface area contributed by atoms with Crippen LogP contribution in [0.3, 0.4) is 0 Å². The monoisotopic (exact) mass is 410 g/mol. The first-order chi connectivity index (χ1) is 14.4. The first-order valence-corrected chi connectivity index (χ1v) is 11.0. The highest BCUT2D eigenvalue weighted by Gasteiger charge is 2.54. The molecule has 0 aromatic heterocycles. The standard InChI is InChI=1S/C25H30O5/c26-17-7-9-21(28)19(15-17)24(11-3-1-4-12-24)23(30)25(13-5-2-6-14-25)20-16-18(27)8-10-22(20)29/h7-10,15-16,26-29H,1-6,11-14H2. The van der Waals surface area contributed by atoms with Gasteiger partial charge in [-0.15, -0.1) is 0 Å². The van der Waals surface area contributed by atoms with Crippen molar-refractivity contribution in [3.63, 3.8) is 0 Å². The summed E-state index contributed by atoms with van der Waals surface area (Å²) in [5, 5.41) is 41.7. The third-order valence-corrected chi connectivity index (χ3v) is 7.27. The Bertz CT molecular complexity index is 861. The Hall–Kier alpha value is -2.69. The highest BCUT2D eigenvalue weighted by molar-refractivity contribution is 6.00. The normalized spacial score (nSPS) is 20.5. The third-order valence-electron chi connectivity index (χ3n) is 7.27. The molecule has 4 rings (SSSR count). The average molecular weight is 411 g/mol. The molecule has 2 saturated carbocycles. The van der Waals surface area contributed by atoms with Gasteiger partial charge in [-0.25, -0.2) is 0 Å². The average Bonchev–Trinajstić information content (AvgIpc) is 2.77. The second kappa shape index (κ2) is 7.86. The Kier molecular flexibility index (Phi) is 5.39. The van der Waals surface area contributed by atoms with Crippen LogP contribution in [-0.4, -0.2) is 26.2 Å². The number of phenols is 4. The molecular formula is C25H30O5. The van der Waals surface area contributed by atoms with E-state index in [2.05, 4.69) is 0 Å². The SMILES string of the molecule is O=C(C1(c2cc(O)ccc2O)CCCCC1)C1(c2cc(O)ccc2O)CCCCC1. The Morgan fingerprint density at radius 2 is 0.967 bits per heavy atom. The van der Waals surface area contributed by atoms with Gasteiger partial charge in [0.2, 0.25) is 0 Å². The van der Waals surface area contributed by atoms with Crippen LogP contribution in [0.4, 0.5) is 0 Å². The van der Waals surface area contributed by atoms with E-state index in [0.29, 0.717) is 36.8 Å². The molecule has 2 aliphatic carbocycles. The van der Waals surface area contributed by atoms with Crippen LogP contribution in [-0.2, 0) is 15.6 Å². The minimum absolute atomic E-state index is 0.00352. The number of hydrogen-bond donors (Lipinski definition) is 4. The summed E-state index contributed by atoms with van der Waals surface area (Å²) >= 11 is 0. The van der Waals surface area contributed by atoms with Crippen molar-refractivity contribution in [2.45, 2.75) is 75.0 Å². The zero-order chi connectivity index (χ0) is 21.4. The summed E-state index contributed by atoms with van der Waals surface area (Å²) < 4.78 is 0. The number of hydrogen-bond acceptors (Lipinski definition) is 5. The van der Waals surface area contributed by atoms with Crippen molar-refractivity contribution in [2.24, 2.45) is 0 Å². The topological polar surface area (TPSA) is 98.0 Å². The number of rotatable bonds is 4. The maximum Gasteiger partial charge on any atom is 0.154 e. The van der Waals surface area contributed by atoms with Crippen LogP contribution >= 0.6 is 0 Å².